The van der Waals surface area contributed by atoms with Gasteiger partial charge in [0.15, 0.2) is 5.69 Å². The molecule has 0 aliphatic carbocycles. The Balaban J connectivity index is 2.09. The van der Waals surface area contributed by atoms with E-state index < -0.39 is 5.97 Å². The molecule has 2 aromatic heterocycles. The molecule has 0 radical (unpaired) electrons. The summed E-state index contributed by atoms with van der Waals surface area (Å²) in [5.74, 6) is 0.209. The van der Waals surface area contributed by atoms with Gasteiger partial charge in [-0.25, -0.2) is 9.78 Å². The van der Waals surface area contributed by atoms with E-state index in [-0.39, 0.29) is 0 Å². The maximum atomic E-state index is 11.6. The van der Waals surface area contributed by atoms with E-state index >= 15 is 0 Å². The van der Waals surface area contributed by atoms with Gasteiger partial charge in [-0.1, -0.05) is 6.07 Å². The quantitative estimate of drug-likeness (QED) is 0.725. The number of H-pyrrole nitrogens is 1. The first-order valence-electron chi connectivity index (χ1n) is 6.19. The molecule has 20 heavy (non-hydrogen) atoms. The Morgan fingerprint density at radius 2 is 2.15 bits per heavy atom. The van der Waals surface area contributed by atoms with Crippen LogP contribution < -0.4 is 0 Å². The summed E-state index contributed by atoms with van der Waals surface area (Å²) in [4.78, 5) is 23.3. The molecule has 0 unspecified atom stereocenters. The van der Waals surface area contributed by atoms with Crippen molar-refractivity contribution in [3.05, 3.63) is 47.9 Å². The van der Waals surface area contributed by atoms with Crippen LogP contribution in [0.5, 0.6) is 0 Å². The molecule has 0 saturated heterocycles. The van der Waals surface area contributed by atoms with E-state index in [2.05, 4.69) is 15.0 Å². The topological polar surface area (TPSA) is 67.9 Å². The van der Waals surface area contributed by atoms with Gasteiger partial charge in [0.25, 0.3) is 0 Å². The van der Waals surface area contributed by atoms with Crippen LogP contribution in [0, 0.1) is 6.92 Å². The first kappa shape index (κ1) is 12.3. The molecule has 0 fully saturated rings. The van der Waals surface area contributed by atoms with Crippen molar-refractivity contribution in [1.82, 2.24) is 15.0 Å². The molecule has 0 atom stereocenters. The number of fused-ring (bicyclic) bond motifs is 1. The first-order valence-corrected chi connectivity index (χ1v) is 6.19. The van der Waals surface area contributed by atoms with Crippen molar-refractivity contribution in [2.45, 2.75) is 6.92 Å². The number of benzene rings is 1. The Morgan fingerprint density at radius 1 is 1.30 bits per heavy atom. The first-order chi connectivity index (χ1) is 9.69. The number of carbonyl (C=O) groups is 1. The number of aromatic nitrogens is 3. The maximum Gasteiger partial charge on any atom is 0.358 e. The fourth-order valence-electron chi connectivity index (χ4n) is 2.12. The highest BCUT2D eigenvalue weighted by Gasteiger charge is 2.16. The molecule has 0 saturated carbocycles. The van der Waals surface area contributed by atoms with Gasteiger partial charge in [0.05, 0.1) is 12.6 Å². The fourth-order valence-corrected chi connectivity index (χ4v) is 2.12. The van der Waals surface area contributed by atoms with Crippen molar-refractivity contribution in [1.29, 1.82) is 0 Å². The van der Waals surface area contributed by atoms with Gasteiger partial charge in [0.1, 0.15) is 5.82 Å². The van der Waals surface area contributed by atoms with E-state index in [4.69, 9.17) is 4.74 Å². The number of aromatic amines is 1. The molecular weight excluding hydrogens is 254 g/mol. The number of rotatable bonds is 2. The van der Waals surface area contributed by atoms with E-state index in [1.165, 1.54) is 7.11 Å². The van der Waals surface area contributed by atoms with Gasteiger partial charge >= 0.3 is 5.97 Å². The number of hydrogen-bond acceptors (Lipinski definition) is 4. The average molecular weight is 267 g/mol. The van der Waals surface area contributed by atoms with Crippen LogP contribution in [-0.2, 0) is 4.74 Å². The van der Waals surface area contributed by atoms with Gasteiger partial charge < -0.3 is 9.72 Å². The minimum absolute atomic E-state index is 0.314. The summed E-state index contributed by atoms with van der Waals surface area (Å²) in [5.41, 5.74) is 2.84. The van der Waals surface area contributed by atoms with Crippen molar-refractivity contribution < 1.29 is 9.53 Å². The van der Waals surface area contributed by atoms with Crippen LogP contribution in [-0.4, -0.2) is 28.0 Å². The largest absolute Gasteiger partial charge is 0.464 e. The zero-order valence-electron chi connectivity index (χ0n) is 11.2. The second-order valence-corrected chi connectivity index (χ2v) is 4.46. The maximum absolute atomic E-state index is 11.6. The number of carbonyl (C=O) groups excluding carboxylic acids is 1. The number of pyridine rings is 1. The van der Waals surface area contributed by atoms with Gasteiger partial charge in [-0.2, -0.15) is 0 Å². The Morgan fingerprint density at radius 3 is 2.95 bits per heavy atom. The lowest BCUT2D eigenvalue weighted by molar-refractivity contribution is 0.0594. The third kappa shape index (κ3) is 2.03. The van der Waals surface area contributed by atoms with E-state index in [9.17, 15) is 4.79 Å². The van der Waals surface area contributed by atoms with Crippen LogP contribution >= 0.6 is 0 Å². The molecule has 2 heterocycles. The van der Waals surface area contributed by atoms with Gasteiger partial charge in [-0.3, -0.25) is 4.98 Å². The van der Waals surface area contributed by atoms with Crippen LogP contribution in [0.4, 0.5) is 0 Å². The highest BCUT2D eigenvalue weighted by atomic mass is 16.5. The van der Waals surface area contributed by atoms with E-state index in [1.54, 1.807) is 13.1 Å². The normalized spacial score (nSPS) is 10.7. The average Bonchev–Trinajstić information content (AvgIpc) is 2.88. The van der Waals surface area contributed by atoms with E-state index in [1.807, 2.05) is 30.3 Å². The lowest BCUT2D eigenvalue weighted by Gasteiger charge is -2.00. The van der Waals surface area contributed by atoms with E-state index in [0.29, 0.717) is 17.2 Å². The summed E-state index contributed by atoms with van der Waals surface area (Å²) in [6, 6.07) is 9.72. The van der Waals surface area contributed by atoms with Gasteiger partial charge in [0.2, 0.25) is 0 Å². The lowest BCUT2D eigenvalue weighted by atomic mass is 10.1. The van der Waals surface area contributed by atoms with Gasteiger partial charge in [-0.15, -0.1) is 0 Å². The zero-order chi connectivity index (χ0) is 14.1. The second-order valence-electron chi connectivity index (χ2n) is 4.46. The molecule has 0 aliphatic heterocycles. The minimum atomic E-state index is -0.438. The third-order valence-electron chi connectivity index (χ3n) is 3.14. The molecule has 0 amide bonds. The predicted molar refractivity (Wildman–Crippen MR) is 75.4 cm³/mol. The van der Waals surface area contributed by atoms with Crippen LogP contribution in [0.25, 0.3) is 22.3 Å². The molecule has 5 nitrogen and oxygen atoms in total. The summed E-state index contributed by atoms with van der Waals surface area (Å²) in [6.45, 7) is 1.80. The molecular formula is C15H13N3O2. The number of nitrogens with one attached hydrogen (secondary N) is 1. The summed E-state index contributed by atoms with van der Waals surface area (Å²) >= 11 is 0. The number of nitrogens with zero attached hydrogens (tertiary/aromatic N) is 2. The van der Waals surface area contributed by atoms with Crippen LogP contribution in [0.3, 0.4) is 0 Å². The standard InChI is InChI=1S/C15H13N3O2/c1-9-13(15(19)20-2)18-14(17-9)11-5-6-12-10(8-11)4-3-7-16-12/h3-8H,1-2H3,(H,17,18). The number of imidazole rings is 1. The number of ether oxygens (including phenoxy) is 1. The minimum Gasteiger partial charge on any atom is -0.464 e. The molecule has 5 heteroatoms. The number of esters is 1. The molecule has 0 aliphatic rings. The number of methoxy groups -OCH3 is 1. The molecule has 1 aromatic carbocycles. The van der Waals surface area contributed by atoms with Gasteiger partial charge in [-0.05, 0) is 31.2 Å². The molecule has 0 bridgehead atoms. The van der Waals surface area contributed by atoms with Crippen molar-refractivity contribution in [2.75, 3.05) is 7.11 Å². The SMILES string of the molecule is COC(=O)c1nc(-c2ccc3ncccc3c2)[nH]c1C. The monoisotopic (exact) mass is 267 g/mol. The third-order valence-corrected chi connectivity index (χ3v) is 3.14. The second kappa shape index (κ2) is 4.77. The highest BCUT2D eigenvalue weighted by molar-refractivity contribution is 5.90. The molecule has 100 valence electrons. The highest BCUT2D eigenvalue weighted by Crippen LogP contribution is 2.22. The van der Waals surface area contributed by atoms with Crippen molar-refractivity contribution in [2.24, 2.45) is 0 Å². The number of hydrogen-bond donors (Lipinski definition) is 1. The molecule has 3 rings (SSSR count). The fraction of sp³-hybridized carbons (Fsp3) is 0.133. The summed E-state index contributed by atoms with van der Waals surface area (Å²) in [7, 11) is 1.35. The van der Waals surface area contributed by atoms with Gasteiger partial charge in [0, 0.05) is 22.8 Å². The van der Waals surface area contributed by atoms with Crippen molar-refractivity contribution >= 4 is 16.9 Å². The predicted octanol–water partition coefficient (Wildman–Crippen LogP) is 2.72. The number of aryl methyl sites for hydroxylation is 1. The lowest BCUT2D eigenvalue weighted by Crippen LogP contribution is -2.03. The zero-order valence-corrected chi connectivity index (χ0v) is 11.2. The molecule has 3 aromatic rings. The molecule has 1 N–H and O–H groups in total. The van der Waals surface area contributed by atoms with Crippen molar-refractivity contribution in [3.63, 3.8) is 0 Å². The van der Waals surface area contributed by atoms with E-state index in [0.717, 1.165) is 16.5 Å². The summed E-state index contributed by atoms with van der Waals surface area (Å²) < 4.78 is 4.71. The van der Waals surface area contributed by atoms with Crippen LogP contribution in [0.2, 0.25) is 0 Å². The Kier molecular flexibility index (Phi) is 2.95. The van der Waals surface area contributed by atoms with Crippen molar-refractivity contribution in [3.8, 4) is 11.4 Å². The Bertz CT molecular complexity index is 793. The Labute approximate surface area is 115 Å². The molecule has 0 spiro atoms. The van der Waals surface area contributed by atoms with Crippen LogP contribution in [0.15, 0.2) is 36.5 Å². The summed E-state index contributed by atoms with van der Waals surface area (Å²) in [6.07, 6.45) is 1.76. The summed E-state index contributed by atoms with van der Waals surface area (Å²) in [5, 5.41) is 1.03. The Hall–Kier alpha value is -2.69. The van der Waals surface area contributed by atoms with Crippen LogP contribution in [0.1, 0.15) is 16.2 Å². The smallest absolute Gasteiger partial charge is 0.358 e.